The third kappa shape index (κ3) is 4.65. The van der Waals surface area contributed by atoms with Gasteiger partial charge in [-0.2, -0.15) is 4.98 Å². The number of rotatable bonds is 3. The lowest BCUT2D eigenvalue weighted by atomic mass is 10.1. The van der Waals surface area contributed by atoms with Gasteiger partial charge in [0.25, 0.3) is 0 Å². The largest absolute Gasteiger partial charge is 0.474 e. The molecule has 0 unspecified atom stereocenters. The Morgan fingerprint density at radius 1 is 1.20 bits per heavy atom. The Labute approximate surface area is 146 Å². The Bertz CT molecular complexity index is 723. The molecule has 25 heavy (non-hydrogen) atoms. The van der Waals surface area contributed by atoms with Crippen LogP contribution in [0, 0.1) is 19.7 Å². The Morgan fingerprint density at radius 2 is 1.88 bits per heavy atom. The van der Waals surface area contributed by atoms with Gasteiger partial charge in [0.15, 0.2) is 0 Å². The quantitative estimate of drug-likeness (QED) is 0.928. The van der Waals surface area contributed by atoms with Gasteiger partial charge in [0.2, 0.25) is 5.88 Å². The molecule has 6 nitrogen and oxygen atoms in total. The Balaban J connectivity index is 1.51. The number of aromatic nitrogens is 2. The van der Waals surface area contributed by atoms with Crippen LogP contribution < -0.4 is 10.1 Å². The van der Waals surface area contributed by atoms with Crippen molar-refractivity contribution >= 4 is 11.7 Å². The number of nitrogens with one attached hydrogen (secondary N) is 1. The number of aryl methyl sites for hydroxylation is 2. The van der Waals surface area contributed by atoms with Crippen molar-refractivity contribution in [2.24, 2.45) is 0 Å². The molecule has 7 heteroatoms. The molecule has 0 aliphatic carbocycles. The lowest BCUT2D eigenvalue weighted by molar-refractivity contribution is 0.111. The third-order valence-corrected chi connectivity index (χ3v) is 4.05. The van der Waals surface area contributed by atoms with Gasteiger partial charge >= 0.3 is 6.03 Å². The molecule has 1 saturated heterocycles. The number of anilines is 1. The molecular formula is C18H21FN4O2. The maximum Gasteiger partial charge on any atom is 0.321 e. The van der Waals surface area contributed by atoms with Crippen molar-refractivity contribution in [3.8, 4) is 5.88 Å². The molecule has 2 heterocycles. The molecule has 0 bridgehead atoms. The highest BCUT2D eigenvalue weighted by Gasteiger charge is 2.24. The van der Waals surface area contributed by atoms with E-state index in [2.05, 4.69) is 15.3 Å². The number of hydrogen-bond acceptors (Lipinski definition) is 4. The van der Waals surface area contributed by atoms with Crippen LogP contribution in [-0.4, -0.2) is 40.1 Å². The van der Waals surface area contributed by atoms with E-state index in [1.54, 1.807) is 17.0 Å². The summed E-state index contributed by atoms with van der Waals surface area (Å²) in [5.74, 6) is 0.941. The van der Waals surface area contributed by atoms with Crippen molar-refractivity contribution in [3.05, 3.63) is 47.7 Å². The average Bonchev–Trinajstić information content (AvgIpc) is 2.56. The van der Waals surface area contributed by atoms with Gasteiger partial charge in [0.1, 0.15) is 17.7 Å². The summed E-state index contributed by atoms with van der Waals surface area (Å²) < 4.78 is 18.8. The van der Waals surface area contributed by atoms with Crippen molar-refractivity contribution in [2.45, 2.75) is 32.8 Å². The Kier molecular flexibility index (Phi) is 5.11. The lowest BCUT2D eigenvalue weighted by Crippen LogP contribution is -2.43. The molecule has 2 amide bonds. The van der Waals surface area contributed by atoms with Crippen molar-refractivity contribution < 1.29 is 13.9 Å². The molecule has 1 aliphatic heterocycles. The second-order valence-electron chi connectivity index (χ2n) is 6.14. The van der Waals surface area contributed by atoms with Crippen LogP contribution in [0.3, 0.4) is 0 Å². The first-order chi connectivity index (χ1) is 12.0. The second-order valence-corrected chi connectivity index (χ2v) is 6.14. The molecule has 132 valence electrons. The minimum atomic E-state index is -0.328. The first-order valence-corrected chi connectivity index (χ1v) is 8.30. The molecular weight excluding hydrogens is 323 g/mol. The van der Waals surface area contributed by atoms with Crippen molar-refractivity contribution in [1.29, 1.82) is 0 Å². The summed E-state index contributed by atoms with van der Waals surface area (Å²) in [6.07, 6.45) is 1.50. The summed E-state index contributed by atoms with van der Waals surface area (Å²) in [6, 6.07) is 7.37. The number of halogens is 1. The molecule has 0 saturated carbocycles. The molecule has 1 fully saturated rings. The lowest BCUT2D eigenvalue weighted by Gasteiger charge is -2.32. The molecule has 3 rings (SSSR count). The zero-order chi connectivity index (χ0) is 17.8. The topological polar surface area (TPSA) is 67.3 Å². The maximum atomic E-state index is 12.9. The van der Waals surface area contributed by atoms with Crippen LogP contribution in [-0.2, 0) is 0 Å². The summed E-state index contributed by atoms with van der Waals surface area (Å²) in [4.78, 5) is 22.5. The molecule has 0 spiro atoms. The van der Waals surface area contributed by atoms with Crippen molar-refractivity contribution in [3.63, 3.8) is 0 Å². The summed E-state index contributed by atoms with van der Waals surface area (Å²) in [7, 11) is 0. The van der Waals surface area contributed by atoms with Gasteiger partial charge in [-0.25, -0.2) is 14.2 Å². The van der Waals surface area contributed by atoms with Gasteiger partial charge < -0.3 is 15.0 Å². The first-order valence-electron chi connectivity index (χ1n) is 8.30. The van der Waals surface area contributed by atoms with Gasteiger partial charge in [-0.1, -0.05) is 0 Å². The predicted molar refractivity (Wildman–Crippen MR) is 92.1 cm³/mol. The minimum Gasteiger partial charge on any atom is -0.474 e. The van der Waals surface area contributed by atoms with Crippen LogP contribution in [0.5, 0.6) is 5.88 Å². The molecule has 0 radical (unpaired) electrons. The molecule has 2 aromatic rings. The highest BCUT2D eigenvalue weighted by molar-refractivity contribution is 5.89. The van der Waals surface area contributed by atoms with Crippen molar-refractivity contribution in [2.75, 3.05) is 18.4 Å². The van der Waals surface area contributed by atoms with E-state index in [9.17, 15) is 9.18 Å². The smallest absolute Gasteiger partial charge is 0.321 e. The number of nitrogens with zero attached hydrogens (tertiary/aromatic N) is 3. The van der Waals surface area contributed by atoms with E-state index in [0.717, 1.165) is 18.5 Å². The third-order valence-electron chi connectivity index (χ3n) is 4.05. The maximum absolute atomic E-state index is 12.9. The fraction of sp³-hybridized carbons (Fsp3) is 0.389. The summed E-state index contributed by atoms with van der Waals surface area (Å²) in [5.41, 5.74) is 1.45. The summed E-state index contributed by atoms with van der Waals surface area (Å²) in [5, 5.41) is 2.78. The van der Waals surface area contributed by atoms with E-state index in [1.165, 1.54) is 12.1 Å². The van der Waals surface area contributed by atoms with Gasteiger partial charge in [-0.3, -0.25) is 0 Å². The van der Waals surface area contributed by atoms with E-state index >= 15 is 0 Å². The van der Waals surface area contributed by atoms with Crippen LogP contribution in [0.25, 0.3) is 0 Å². The number of urea groups is 1. The van der Waals surface area contributed by atoms with Crippen LogP contribution in [0.1, 0.15) is 24.4 Å². The number of amides is 2. The Hall–Kier alpha value is -2.70. The van der Waals surface area contributed by atoms with Crippen LogP contribution >= 0.6 is 0 Å². The van der Waals surface area contributed by atoms with Crippen molar-refractivity contribution in [1.82, 2.24) is 14.9 Å². The van der Waals surface area contributed by atoms with Crippen LogP contribution in [0.2, 0.25) is 0 Å². The van der Waals surface area contributed by atoms with Gasteiger partial charge in [0.05, 0.1) is 0 Å². The zero-order valence-electron chi connectivity index (χ0n) is 14.3. The van der Waals surface area contributed by atoms with E-state index in [1.807, 2.05) is 19.9 Å². The van der Waals surface area contributed by atoms with E-state index in [4.69, 9.17) is 4.74 Å². The molecule has 1 N–H and O–H groups in total. The number of ether oxygens (including phenoxy) is 1. The SMILES string of the molecule is Cc1cc(OC2CCN(C(=O)Nc3ccc(F)cc3)CC2)nc(C)n1. The Morgan fingerprint density at radius 3 is 2.52 bits per heavy atom. The monoisotopic (exact) mass is 344 g/mol. The number of benzene rings is 1. The standard InChI is InChI=1S/C18H21FN4O2/c1-12-11-17(21-13(2)20-12)25-16-7-9-23(10-8-16)18(24)22-15-5-3-14(19)4-6-15/h3-6,11,16H,7-10H2,1-2H3,(H,22,24). The number of carbonyl (C=O) groups is 1. The summed E-state index contributed by atoms with van der Waals surface area (Å²) in [6.45, 7) is 4.94. The number of piperidine rings is 1. The fourth-order valence-electron chi connectivity index (χ4n) is 2.83. The molecule has 1 aromatic heterocycles. The van der Waals surface area contributed by atoms with Gasteiger partial charge in [-0.15, -0.1) is 0 Å². The zero-order valence-corrected chi connectivity index (χ0v) is 14.3. The average molecular weight is 344 g/mol. The van der Waals surface area contributed by atoms with Gasteiger partial charge in [0, 0.05) is 43.4 Å². The molecule has 1 aromatic carbocycles. The van der Waals surface area contributed by atoms with Crippen LogP contribution in [0.15, 0.2) is 30.3 Å². The highest BCUT2D eigenvalue weighted by Crippen LogP contribution is 2.19. The normalized spacial score (nSPS) is 15.1. The second kappa shape index (κ2) is 7.46. The fourth-order valence-corrected chi connectivity index (χ4v) is 2.83. The van der Waals surface area contributed by atoms with Crippen LogP contribution in [0.4, 0.5) is 14.9 Å². The van der Waals surface area contributed by atoms with E-state index < -0.39 is 0 Å². The predicted octanol–water partition coefficient (Wildman–Crippen LogP) is 3.31. The number of hydrogen-bond donors (Lipinski definition) is 1. The number of likely N-dealkylation sites (tertiary alicyclic amines) is 1. The van der Waals surface area contributed by atoms with E-state index in [-0.39, 0.29) is 18.0 Å². The van der Waals surface area contributed by atoms with E-state index in [0.29, 0.717) is 30.5 Å². The molecule has 1 aliphatic rings. The molecule has 0 atom stereocenters. The van der Waals surface area contributed by atoms with Gasteiger partial charge in [-0.05, 0) is 38.1 Å². The minimum absolute atomic E-state index is 0.0311. The number of carbonyl (C=O) groups excluding carboxylic acids is 1. The highest BCUT2D eigenvalue weighted by atomic mass is 19.1. The summed E-state index contributed by atoms with van der Waals surface area (Å²) >= 11 is 0. The first kappa shape index (κ1) is 17.1.